The van der Waals surface area contributed by atoms with Crippen molar-refractivity contribution >= 4 is 23.5 Å². The first-order chi connectivity index (χ1) is 11.0. The smallest absolute Gasteiger partial charge is 0.303 e. The van der Waals surface area contributed by atoms with Crippen molar-refractivity contribution in [2.24, 2.45) is 0 Å². The zero-order chi connectivity index (χ0) is 16.8. The predicted molar refractivity (Wildman–Crippen MR) is 86.6 cm³/mol. The molecule has 0 radical (unpaired) electrons. The summed E-state index contributed by atoms with van der Waals surface area (Å²) in [4.78, 5) is 22.6. The van der Waals surface area contributed by atoms with E-state index in [1.54, 1.807) is 23.9 Å². The van der Waals surface area contributed by atoms with Crippen LogP contribution in [0.5, 0.6) is 0 Å². The highest BCUT2D eigenvalue weighted by molar-refractivity contribution is 6.31. The summed E-state index contributed by atoms with van der Waals surface area (Å²) in [5.74, 6) is -1.15. The summed E-state index contributed by atoms with van der Waals surface area (Å²) in [6.45, 7) is 2.25. The van der Waals surface area contributed by atoms with Gasteiger partial charge >= 0.3 is 5.97 Å². The van der Waals surface area contributed by atoms with Gasteiger partial charge in [-0.15, -0.1) is 0 Å². The second-order valence-electron chi connectivity index (χ2n) is 5.32. The number of carboxylic acids is 1. The van der Waals surface area contributed by atoms with Gasteiger partial charge in [0.25, 0.3) is 5.91 Å². The summed E-state index contributed by atoms with van der Waals surface area (Å²) in [6, 6.07) is 7.23. The van der Waals surface area contributed by atoms with Crippen LogP contribution in [0.1, 0.15) is 35.7 Å². The third-order valence-corrected chi connectivity index (χ3v) is 3.72. The molecule has 0 saturated heterocycles. The fourth-order valence-corrected chi connectivity index (χ4v) is 2.28. The van der Waals surface area contributed by atoms with Crippen molar-refractivity contribution < 1.29 is 14.7 Å². The number of amides is 1. The SMILES string of the molecule is CC(CCC(=O)O)NC(=O)c1cnn(Cc2ccccc2Cl)c1. The zero-order valence-electron chi connectivity index (χ0n) is 12.7. The molecule has 2 N–H and O–H groups in total. The van der Waals surface area contributed by atoms with Crippen LogP contribution in [0.4, 0.5) is 0 Å². The molecule has 0 aliphatic carbocycles. The first kappa shape index (κ1) is 17.0. The molecule has 0 spiro atoms. The van der Waals surface area contributed by atoms with Crippen molar-refractivity contribution in [3.05, 3.63) is 52.8 Å². The average Bonchev–Trinajstić information content (AvgIpc) is 2.96. The van der Waals surface area contributed by atoms with E-state index < -0.39 is 5.97 Å². The third kappa shape index (κ3) is 5.10. The minimum Gasteiger partial charge on any atom is -0.481 e. The molecule has 2 aromatic rings. The molecule has 122 valence electrons. The molecule has 1 amide bonds. The number of hydrogen-bond acceptors (Lipinski definition) is 3. The standard InChI is InChI=1S/C16H18ClN3O3/c1-11(6-7-15(21)22)19-16(23)13-8-18-20(10-13)9-12-4-2-3-5-14(12)17/h2-5,8,10-11H,6-7,9H2,1H3,(H,19,23)(H,21,22). The van der Waals surface area contributed by atoms with Crippen LogP contribution in [-0.4, -0.2) is 32.8 Å². The third-order valence-electron chi connectivity index (χ3n) is 3.35. The molecule has 0 fully saturated rings. The van der Waals surface area contributed by atoms with Gasteiger partial charge in [-0.2, -0.15) is 5.10 Å². The van der Waals surface area contributed by atoms with Gasteiger partial charge in [-0.1, -0.05) is 29.8 Å². The second-order valence-corrected chi connectivity index (χ2v) is 5.73. The van der Waals surface area contributed by atoms with Gasteiger partial charge in [0.15, 0.2) is 0 Å². The minimum absolute atomic E-state index is 0.0210. The van der Waals surface area contributed by atoms with E-state index in [9.17, 15) is 9.59 Å². The Kier molecular flexibility index (Phi) is 5.76. The van der Waals surface area contributed by atoms with Crippen molar-refractivity contribution in [3.8, 4) is 0 Å². The van der Waals surface area contributed by atoms with E-state index in [0.717, 1.165) is 5.56 Å². The Bertz CT molecular complexity index is 699. The Morgan fingerprint density at radius 2 is 2.13 bits per heavy atom. The van der Waals surface area contributed by atoms with Crippen LogP contribution < -0.4 is 5.32 Å². The van der Waals surface area contributed by atoms with E-state index in [-0.39, 0.29) is 18.4 Å². The Labute approximate surface area is 139 Å². The lowest BCUT2D eigenvalue weighted by Crippen LogP contribution is -2.32. The van der Waals surface area contributed by atoms with Crippen molar-refractivity contribution in [2.75, 3.05) is 0 Å². The summed E-state index contributed by atoms with van der Waals surface area (Å²) in [5.41, 5.74) is 1.35. The Balaban J connectivity index is 1.94. The molecule has 0 bridgehead atoms. The van der Waals surface area contributed by atoms with Crippen LogP contribution in [-0.2, 0) is 11.3 Å². The van der Waals surface area contributed by atoms with Crippen molar-refractivity contribution in [1.29, 1.82) is 0 Å². The molecule has 7 heteroatoms. The molecule has 1 aromatic carbocycles. The molecular weight excluding hydrogens is 318 g/mol. The van der Waals surface area contributed by atoms with Gasteiger partial charge in [-0.05, 0) is 25.0 Å². The molecule has 1 aromatic heterocycles. The average molecular weight is 336 g/mol. The number of carbonyl (C=O) groups is 2. The molecule has 1 unspecified atom stereocenters. The highest BCUT2D eigenvalue weighted by Crippen LogP contribution is 2.16. The lowest BCUT2D eigenvalue weighted by Gasteiger charge is -2.11. The first-order valence-electron chi connectivity index (χ1n) is 7.24. The normalized spacial score (nSPS) is 11.9. The number of aliphatic carboxylic acids is 1. The summed E-state index contributed by atoms with van der Waals surface area (Å²) in [7, 11) is 0. The topological polar surface area (TPSA) is 84.2 Å². The monoisotopic (exact) mass is 335 g/mol. The van der Waals surface area contributed by atoms with Crippen LogP contribution in [0.15, 0.2) is 36.7 Å². The number of halogens is 1. The summed E-state index contributed by atoms with van der Waals surface area (Å²) in [5, 5.41) is 16.2. The van der Waals surface area contributed by atoms with Crippen LogP contribution in [0, 0.1) is 0 Å². The molecule has 2 rings (SSSR count). The van der Waals surface area contributed by atoms with Crippen LogP contribution in [0.3, 0.4) is 0 Å². The number of rotatable bonds is 7. The fraction of sp³-hybridized carbons (Fsp3) is 0.312. The van der Waals surface area contributed by atoms with E-state index in [4.69, 9.17) is 16.7 Å². The fourth-order valence-electron chi connectivity index (χ4n) is 2.09. The number of hydrogen-bond donors (Lipinski definition) is 2. The van der Waals surface area contributed by atoms with Crippen LogP contribution in [0.25, 0.3) is 0 Å². The molecule has 0 aliphatic rings. The maximum Gasteiger partial charge on any atom is 0.303 e. The molecular formula is C16H18ClN3O3. The lowest BCUT2D eigenvalue weighted by atomic mass is 10.2. The van der Waals surface area contributed by atoms with Gasteiger partial charge in [0, 0.05) is 23.7 Å². The van der Waals surface area contributed by atoms with Crippen LogP contribution >= 0.6 is 11.6 Å². The highest BCUT2D eigenvalue weighted by Gasteiger charge is 2.13. The number of nitrogens with zero attached hydrogens (tertiary/aromatic N) is 2. The van der Waals surface area contributed by atoms with Crippen molar-refractivity contribution in [2.45, 2.75) is 32.4 Å². The highest BCUT2D eigenvalue weighted by atomic mass is 35.5. The van der Waals surface area contributed by atoms with E-state index in [0.29, 0.717) is 23.6 Å². The van der Waals surface area contributed by atoms with Crippen LogP contribution in [0.2, 0.25) is 5.02 Å². The molecule has 1 atom stereocenters. The Hall–Kier alpha value is -2.34. The van der Waals surface area contributed by atoms with Gasteiger partial charge < -0.3 is 10.4 Å². The van der Waals surface area contributed by atoms with Gasteiger partial charge in [0.05, 0.1) is 18.3 Å². The van der Waals surface area contributed by atoms with Crippen molar-refractivity contribution in [1.82, 2.24) is 15.1 Å². The summed E-state index contributed by atoms with van der Waals surface area (Å²) >= 11 is 6.10. The molecule has 1 heterocycles. The number of carboxylic acid groups (broad SMARTS) is 1. The van der Waals surface area contributed by atoms with E-state index in [1.807, 2.05) is 18.2 Å². The zero-order valence-corrected chi connectivity index (χ0v) is 13.5. The van der Waals surface area contributed by atoms with Gasteiger partial charge in [0.1, 0.15) is 0 Å². The quantitative estimate of drug-likeness (QED) is 0.814. The van der Waals surface area contributed by atoms with Gasteiger partial charge in [0.2, 0.25) is 0 Å². The molecule has 23 heavy (non-hydrogen) atoms. The van der Waals surface area contributed by atoms with E-state index in [2.05, 4.69) is 10.4 Å². The largest absolute Gasteiger partial charge is 0.481 e. The molecule has 0 aliphatic heterocycles. The number of aromatic nitrogens is 2. The molecule has 0 saturated carbocycles. The molecule has 6 nitrogen and oxygen atoms in total. The number of benzene rings is 1. The maximum atomic E-state index is 12.1. The van der Waals surface area contributed by atoms with Crippen molar-refractivity contribution in [3.63, 3.8) is 0 Å². The van der Waals surface area contributed by atoms with Gasteiger partial charge in [-0.3, -0.25) is 14.3 Å². The number of carbonyl (C=O) groups excluding carboxylic acids is 1. The van der Waals surface area contributed by atoms with E-state index in [1.165, 1.54) is 6.20 Å². The Morgan fingerprint density at radius 3 is 2.83 bits per heavy atom. The minimum atomic E-state index is -0.876. The first-order valence-corrected chi connectivity index (χ1v) is 7.62. The summed E-state index contributed by atoms with van der Waals surface area (Å²) in [6.07, 6.45) is 3.53. The van der Waals surface area contributed by atoms with Gasteiger partial charge in [-0.25, -0.2) is 0 Å². The lowest BCUT2D eigenvalue weighted by molar-refractivity contribution is -0.137. The Morgan fingerprint density at radius 1 is 1.39 bits per heavy atom. The summed E-state index contributed by atoms with van der Waals surface area (Å²) < 4.78 is 1.64. The maximum absolute atomic E-state index is 12.1. The number of nitrogens with one attached hydrogen (secondary N) is 1. The van der Waals surface area contributed by atoms with E-state index >= 15 is 0 Å². The predicted octanol–water partition coefficient (Wildman–Crippen LogP) is 2.57. The second kappa shape index (κ2) is 7.78.